The molecular weight excluding hydrogens is 416 g/mol. The zero-order chi connectivity index (χ0) is 16.4. The van der Waals surface area contributed by atoms with E-state index in [1.807, 2.05) is 12.1 Å². The molecule has 23 heavy (non-hydrogen) atoms. The predicted molar refractivity (Wildman–Crippen MR) is 92.4 cm³/mol. The highest BCUT2D eigenvalue weighted by Crippen LogP contribution is 2.46. The van der Waals surface area contributed by atoms with Gasteiger partial charge in [-0.2, -0.15) is 13.2 Å². The highest BCUT2D eigenvalue weighted by Gasteiger charge is 2.44. The molecule has 0 unspecified atom stereocenters. The normalized spacial score (nSPS) is 18.4. The van der Waals surface area contributed by atoms with E-state index in [1.54, 1.807) is 71.1 Å². The van der Waals surface area contributed by atoms with Crippen molar-refractivity contribution >= 4 is 34.1 Å². The first-order valence-electron chi connectivity index (χ1n) is 6.93. The minimum atomic E-state index is -4.36. The molecule has 1 nitrogen and oxygen atoms in total. The first-order chi connectivity index (χ1) is 11.0. The van der Waals surface area contributed by atoms with Crippen LogP contribution < -0.4 is 0 Å². The van der Waals surface area contributed by atoms with E-state index in [0.29, 0.717) is 11.1 Å². The molecule has 0 aliphatic carbocycles. The Morgan fingerprint density at radius 3 is 1.87 bits per heavy atom. The van der Waals surface area contributed by atoms with Gasteiger partial charge in [0.05, 0.1) is 0 Å². The van der Waals surface area contributed by atoms with Crippen LogP contribution in [-0.2, 0) is 4.74 Å². The summed E-state index contributed by atoms with van der Waals surface area (Å²) in [4.78, 5) is 0. The lowest BCUT2D eigenvalue weighted by Gasteiger charge is -2.27. The largest absolute Gasteiger partial charge is 0.456 e. The summed E-state index contributed by atoms with van der Waals surface area (Å²) in [6.45, 7) is 0. The summed E-state index contributed by atoms with van der Waals surface area (Å²) in [5.41, 5.74) is 1.26. The maximum Gasteiger partial charge on any atom is 0.399 e. The SMILES string of the molecule is FC(F)(F)[C@H]1C=C(c2ccccc2)OC(c2ccccc2)=C1I. The van der Waals surface area contributed by atoms with E-state index in [2.05, 4.69) is 0 Å². The van der Waals surface area contributed by atoms with E-state index in [1.165, 1.54) is 0 Å². The molecule has 1 aliphatic rings. The molecule has 0 bridgehead atoms. The van der Waals surface area contributed by atoms with E-state index in [0.717, 1.165) is 6.08 Å². The number of ether oxygens (including phenoxy) is 1. The average molecular weight is 428 g/mol. The Morgan fingerprint density at radius 2 is 1.35 bits per heavy atom. The Hall–Kier alpha value is -1.76. The molecule has 0 aromatic heterocycles. The number of rotatable bonds is 2. The smallest absolute Gasteiger partial charge is 0.399 e. The fraction of sp³-hybridized carbons (Fsp3) is 0.111. The maximum atomic E-state index is 13.4. The van der Waals surface area contributed by atoms with E-state index in [-0.39, 0.29) is 15.1 Å². The Morgan fingerprint density at radius 1 is 0.826 bits per heavy atom. The highest BCUT2D eigenvalue weighted by atomic mass is 127. The van der Waals surface area contributed by atoms with Gasteiger partial charge in [-0.05, 0) is 28.7 Å². The van der Waals surface area contributed by atoms with Crippen molar-refractivity contribution in [1.82, 2.24) is 0 Å². The van der Waals surface area contributed by atoms with Crippen LogP contribution in [0.15, 0.2) is 70.3 Å². The minimum Gasteiger partial charge on any atom is -0.456 e. The fourth-order valence-electron chi connectivity index (χ4n) is 2.34. The Bertz CT molecular complexity index is 749. The second-order valence-electron chi connectivity index (χ2n) is 5.06. The van der Waals surface area contributed by atoms with E-state index in [4.69, 9.17) is 4.74 Å². The van der Waals surface area contributed by atoms with E-state index < -0.39 is 12.1 Å². The standard InChI is InChI=1S/C18H12F3IO/c19-18(20,21)14-11-15(12-7-3-1-4-8-12)23-17(16(14)22)13-9-5-2-6-10-13/h1-11,14H/t14-/m0/s1. The molecule has 0 spiro atoms. The molecule has 0 amide bonds. The van der Waals surface area contributed by atoms with E-state index in [9.17, 15) is 13.2 Å². The number of alkyl halides is 3. The zero-order valence-corrected chi connectivity index (χ0v) is 14.0. The Kier molecular flexibility index (Phi) is 4.48. The van der Waals surface area contributed by atoms with Gasteiger partial charge in [-0.15, -0.1) is 0 Å². The molecule has 1 atom stereocenters. The van der Waals surface area contributed by atoms with Gasteiger partial charge in [-0.25, -0.2) is 0 Å². The maximum absolute atomic E-state index is 13.4. The molecule has 1 aliphatic heterocycles. The van der Waals surface area contributed by atoms with Gasteiger partial charge < -0.3 is 4.74 Å². The van der Waals surface area contributed by atoms with Crippen LogP contribution in [0.2, 0.25) is 0 Å². The van der Waals surface area contributed by atoms with Gasteiger partial charge in [0, 0.05) is 14.7 Å². The molecule has 2 aromatic carbocycles. The molecule has 1 heterocycles. The van der Waals surface area contributed by atoms with Crippen molar-refractivity contribution in [3.05, 3.63) is 81.4 Å². The molecule has 0 N–H and O–H groups in total. The Balaban J connectivity index is 2.09. The Labute approximate surface area is 145 Å². The molecule has 0 fully saturated rings. The summed E-state index contributed by atoms with van der Waals surface area (Å²) in [6, 6.07) is 17.7. The number of halogens is 4. The van der Waals surface area contributed by atoms with Crippen molar-refractivity contribution in [2.24, 2.45) is 5.92 Å². The zero-order valence-electron chi connectivity index (χ0n) is 11.8. The van der Waals surface area contributed by atoms with Crippen LogP contribution in [0.5, 0.6) is 0 Å². The van der Waals surface area contributed by atoms with Crippen LogP contribution in [0, 0.1) is 5.92 Å². The number of hydrogen-bond donors (Lipinski definition) is 0. The van der Waals surface area contributed by atoms with Crippen LogP contribution in [0.1, 0.15) is 11.1 Å². The molecule has 5 heteroatoms. The van der Waals surface area contributed by atoms with Crippen molar-refractivity contribution in [2.45, 2.75) is 6.18 Å². The third-order valence-electron chi connectivity index (χ3n) is 3.47. The second kappa shape index (κ2) is 6.39. The van der Waals surface area contributed by atoms with Crippen molar-refractivity contribution in [1.29, 1.82) is 0 Å². The molecular formula is C18H12F3IO. The molecule has 3 rings (SSSR count). The van der Waals surface area contributed by atoms with Crippen LogP contribution in [-0.4, -0.2) is 6.18 Å². The summed E-state index contributed by atoms with van der Waals surface area (Å²) in [7, 11) is 0. The molecule has 2 aromatic rings. The third-order valence-corrected chi connectivity index (χ3v) is 4.63. The summed E-state index contributed by atoms with van der Waals surface area (Å²) >= 11 is 1.73. The average Bonchev–Trinajstić information content (AvgIpc) is 2.55. The topological polar surface area (TPSA) is 9.23 Å². The van der Waals surface area contributed by atoms with Gasteiger partial charge >= 0.3 is 6.18 Å². The van der Waals surface area contributed by atoms with Crippen molar-refractivity contribution in [3.63, 3.8) is 0 Å². The van der Waals surface area contributed by atoms with Gasteiger partial charge in [-0.1, -0.05) is 60.7 Å². The quantitative estimate of drug-likeness (QED) is 0.530. The fourth-order valence-corrected chi connectivity index (χ4v) is 3.29. The first-order valence-corrected chi connectivity index (χ1v) is 8.01. The summed E-state index contributed by atoms with van der Waals surface area (Å²) in [6.07, 6.45) is -3.22. The summed E-state index contributed by atoms with van der Waals surface area (Å²) < 4.78 is 46.3. The summed E-state index contributed by atoms with van der Waals surface area (Å²) in [5, 5.41) is 0. The van der Waals surface area contributed by atoms with Crippen molar-refractivity contribution in [2.75, 3.05) is 0 Å². The van der Waals surface area contributed by atoms with Crippen molar-refractivity contribution < 1.29 is 17.9 Å². The first kappa shape index (κ1) is 16.1. The van der Waals surface area contributed by atoms with Gasteiger partial charge in [-0.3, -0.25) is 0 Å². The van der Waals surface area contributed by atoms with Crippen LogP contribution in [0.4, 0.5) is 13.2 Å². The minimum absolute atomic E-state index is 0.140. The molecule has 0 radical (unpaired) electrons. The molecule has 0 saturated carbocycles. The lowest BCUT2D eigenvalue weighted by Crippen LogP contribution is -2.24. The number of hydrogen-bond acceptors (Lipinski definition) is 1. The third kappa shape index (κ3) is 3.44. The predicted octanol–water partition coefficient (Wildman–Crippen LogP) is 6.04. The monoisotopic (exact) mass is 428 g/mol. The van der Waals surface area contributed by atoms with Gasteiger partial charge in [0.15, 0.2) is 0 Å². The number of allylic oxidation sites excluding steroid dienone is 2. The second-order valence-corrected chi connectivity index (χ2v) is 6.22. The van der Waals surface area contributed by atoms with Gasteiger partial charge in [0.2, 0.25) is 0 Å². The lowest BCUT2D eigenvalue weighted by atomic mass is 9.99. The van der Waals surface area contributed by atoms with Gasteiger partial charge in [0.25, 0.3) is 0 Å². The highest BCUT2D eigenvalue weighted by molar-refractivity contribution is 14.1. The summed E-state index contributed by atoms with van der Waals surface area (Å²) in [5.74, 6) is -1.18. The van der Waals surface area contributed by atoms with E-state index >= 15 is 0 Å². The van der Waals surface area contributed by atoms with Crippen LogP contribution in [0.25, 0.3) is 11.5 Å². The molecule has 0 saturated heterocycles. The van der Waals surface area contributed by atoms with Crippen molar-refractivity contribution in [3.8, 4) is 0 Å². The number of benzene rings is 2. The lowest BCUT2D eigenvalue weighted by molar-refractivity contribution is -0.149. The van der Waals surface area contributed by atoms with Crippen LogP contribution >= 0.6 is 22.6 Å². The molecule has 118 valence electrons. The van der Waals surface area contributed by atoms with Gasteiger partial charge in [0.1, 0.15) is 17.4 Å². The van der Waals surface area contributed by atoms with Crippen LogP contribution in [0.3, 0.4) is 0 Å².